The smallest absolute Gasteiger partial charge is 0.223 e. The fourth-order valence-corrected chi connectivity index (χ4v) is 3.60. The Kier molecular flexibility index (Phi) is 6.68. The third-order valence-electron chi connectivity index (χ3n) is 4.84. The molecule has 0 aromatic carbocycles. The Bertz CT molecular complexity index is 380. The summed E-state index contributed by atoms with van der Waals surface area (Å²) in [5, 5.41) is 9.50. The normalized spacial score (nSPS) is 27.9. The van der Waals surface area contributed by atoms with Gasteiger partial charge in [-0.25, -0.2) is 0 Å². The van der Waals surface area contributed by atoms with E-state index in [1.54, 1.807) is 0 Å². The van der Waals surface area contributed by atoms with Gasteiger partial charge in [0.1, 0.15) is 0 Å². The van der Waals surface area contributed by atoms with Crippen LogP contribution in [0.25, 0.3) is 0 Å². The predicted octanol–water partition coefficient (Wildman–Crippen LogP) is 1.72. The van der Waals surface area contributed by atoms with Crippen LogP contribution in [0.3, 0.4) is 0 Å². The first-order valence-corrected chi connectivity index (χ1v) is 8.87. The molecule has 5 heteroatoms. The standard InChI is InChI=1S/C17H31N3O2/c1-12-10-15(8-9-18-12)20-16(21)11-13(2)19-17(22)14-6-4-3-5-7-14/h12-15,18H,3-11H2,1-2H3,(H,19,22)(H,20,21). The highest BCUT2D eigenvalue weighted by molar-refractivity contribution is 5.81. The lowest BCUT2D eigenvalue weighted by atomic mass is 9.88. The van der Waals surface area contributed by atoms with Crippen molar-refractivity contribution in [3.63, 3.8) is 0 Å². The summed E-state index contributed by atoms with van der Waals surface area (Å²) in [6.45, 7) is 5.02. The highest BCUT2D eigenvalue weighted by Gasteiger charge is 2.24. The number of rotatable bonds is 5. The van der Waals surface area contributed by atoms with Gasteiger partial charge in [-0.3, -0.25) is 9.59 Å². The zero-order valence-corrected chi connectivity index (χ0v) is 14.0. The van der Waals surface area contributed by atoms with E-state index in [0.29, 0.717) is 12.5 Å². The van der Waals surface area contributed by atoms with Crippen molar-refractivity contribution >= 4 is 11.8 Å². The second-order valence-corrected chi connectivity index (χ2v) is 7.09. The molecule has 2 fully saturated rings. The fourth-order valence-electron chi connectivity index (χ4n) is 3.60. The zero-order valence-electron chi connectivity index (χ0n) is 14.0. The molecular weight excluding hydrogens is 278 g/mol. The van der Waals surface area contributed by atoms with E-state index in [9.17, 15) is 9.59 Å². The first kappa shape index (κ1) is 17.3. The number of piperidine rings is 1. The molecule has 3 N–H and O–H groups in total. The van der Waals surface area contributed by atoms with Crippen molar-refractivity contribution in [2.24, 2.45) is 5.92 Å². The van der Waals surface area contributed by atoms with Crippen molar-refractivity contribution < 1.29 is 9.59 Å². The minimum absolute atomic E-state index is 0.0514. The summed E-state index contributed by atoms with van der Waals surface area (Å²) in [7, 11) is 0. The maximum Gasteiger partial charge on any atom is 0.223 e. The highest BCUT2D eigenvalue weighted by Crippen LogP contribution is 2.23. The monoisotopic (exact) mass is 309 g/mol. The van der Waals surface area contributed by atoms with Gasteiger partial charge in [0.2, 0.25) is 11.8 Å². The molecule has 1 aliphatic carbocycles. The van der Waals surface area contributed by atoms with Crippen molar-refractivity contribution in [3.05, 3.63) is 0 Å². The van der Waals surface area contributed by atoms with E-state index in [1.165, 1.54) is 6.42 Å². The Morgan fingerprint density at radius 1 is 1.18 bits per heavy atom. The first-order chi connectivity index (χ1) is 10.5. The van der Waals surface area contributed by atoms with Crippen LogP contribution in [0.1, 0.15) is 65.2 Å². The van der Waals surface area contributed by atoms with Crippen LogP contribution in [-0.2, 0) is 9.59 Å². The molecule has 0 bridgehead atoms. The first-order valence-electron chi connectivity index (χ1n) is 8.87. The Hall–Kier alpha value is -1.10. The molecule has 3 unspecified atom stereocenters. The molecule has 126 valence electrons. The molecule has 2 rings (SSSR count). The topological polar surface area (TPSA) is 70.2 Å². The van der Waals surface area contributed by atoms with E-state index in [-0.39, 0.29) is 29.8 Å². The van der Waals surface area contributed by atoms with Gasteiger partial charge >= 0.3 is 0 Å². The number of hydrogen-bond donors (Lipinski definition) is 3. The number of nitrogens with one attached hydrogen (secondary N) is 3. The summed E-state index contributed by atoms with van der Waals surface area (Å²) >= 11 is 0. The molecule has 0 radical (unpaired) electrons. The third kappa shape index (κ3) is 5.59. The van der Waals surface area contributed by atoms with Gasteiger partial charge in [0, 0.05) is 30.5 Å². The maximum atomic E-state index is 12.2. The van der Waals surface area contributed by atoms with Crippen LogP contribution < -0.4 is 16.0 Å². The average Bonchev–Trinajstić information content (AvgIpc) is 2.47. The summed E-state index contributed by atoms with van der Waals surface area (Å²) < 4.78 is 0. The molecule has 0 spiro atoms. The van der Waals surface area contributed by atoms with E-state index in [2.05, 4.69) is 22.9 Å². The minimum Gasteiger partial charge on any atom is -0.353 e. The molecular formula is C17H31N3O2. The third-order valence-corrected chi connectivity index (χ3v) is 4.84. The number of carbonyl (C=O) groups excluding carboxylic acids is 2. The zero-order chi connectivity index (χ0) is 15.9. The lowest BCUT2D eigenvalue weighted by Crippen LogP contribution is -2.48. The van der Waals surface area contributed by atoms with Gasteiger partial charge in [-0.15, -0.1) is 0 Å². The van der Waals surface area contributed by atoms with Gasteiger partial charge < -0.3 is 16.0 Å². The fraction of sp³-hybridized carbons (Fsp3) is 0.882. The second kappa shape index (κ2) is 8.51. The molecule has 3 atom stereocenters. The maximum absolute atomic E-state index is 12.2. The lowest BCUT2D eigenvalue weighted by Gasteiger charge is -2.29. The molecule has 1 heterocycles. The van der Waals surface area contributed by atoms with Gasteiger partial charge in [-0.1, -0.05) is 19.3 Å². The number of carbonyl (C=O) groups is 2. The van der Waals surface area contributed by atoms with Crippen LogP contribution in [0, 0.1) is 5.92 Å². The molecule has 22 heavy (non-hydrogen) atoms. The lowest BCUT2D eigenvalue weighted by molar-refractivity contribution is -0.127. The molecule has 1 saturated heterocycles. The quantitative estimate of drug-likeness (QED) is 0.724. The van der Waals surface area contributed by atoms with Crippen molar-refractivity contribution in [3.8, 4) is 0 Å². The van der Waals surface area contributed by atoms with Crippen LogP contribution in [0.4, 0.5) is 0 Å². The number of hydrogen-bond acceptors (Lipinski definition) is 3. The minimum atomic E-state index is -0.0893. The molecule has 5 nitrogen and oxygen atoms in total. The van der Waals surface area contributed by atoms with Gasteiger partial charge in [0.25, 0.3) is 0 Å². The van der Waals surface area contributed by atoms with Gasteiger partial charge in [0.15, 0.2) is 0 Å². The van der Waals surface area contributed by atoms with E-state index >= 15 is 0 Å². The molecule has 0 aromatic heterocycles. The molecule has 2 aliphatic rings. The second-order valence-electron chi connectivity index (χ2n) is 7.09. The molecule has 2 amide bonds. The van der Waals surface area contributed by atoms with Crippen molar-refractivity contribution in [1.82, 2.24) is 16.0 Å². The summed E-state index contributed by atoms with van der Waals surface area (Å²) in [6, 6.07) is 0.640. The van der Waals surface area contributed by atoms with Gasteiger partial charge in [0.05, 0.1) is 0 Å². The van der Waals surface area contributed by atoms with Crippen LogP contribution in [0.2, 0.25) is 0 Å². The van der Waals surface area contributed by atoms with Crippen molar-refractivity contribution in [1.29, 1.82) is 0 Å². The van der Waals surface area contributed by atoms with Gasteiger partial charge in [-0.2, -0.15) is 0 Å². The molecule has 1 saturated carbocycles. The van der Waals surface area contributed by atoms with Crippen LogP contribution in [0.15, 0.2) is 0 Å². The Balaban J connectivity index is 1.68. The Morgan fingerprint density at radius 2 is 1.91 bits per heavy atom. The van der Waals surface area contributed by atoms with Crippen molar-refractivity contribution in [2.75, 3.05) is 6.54 Å². The summed E-state index contributed by atoms with van der Waals surface area (Å²) in [6.07, 6.45) is 7.89. The molecule has 0 aromatic rings. The highest BCUT2D eigenvalue weighted by atomic mass is 16.2. The summed E-state index contributed by atoms with van der Waals surface area (Å²) in [4.78, 5) is 24.3. The number of amides is 2. The molecule has 1 aliphatic heterocycles. The summed E-state index contributed by atoms with van der Waals surface area (Å²) in [5.74, 6) is 0.343. The van der Waals surface area contributed by atoms with Crippen LogP contribution >= 0.6 is 0 Å². The van der Waals surface area contributed by atoms with Gasteiger partial charge in [-0.05, 0) is 46.1 Å². The SMILES string of the molecule is CC1CC(NC(=O)CC(C)NC(=O)C2CCCCC2)CCN1. The summed E-state index contributed by atoms with van der Waals surface area (Å²) in [5.41, 5.74) is 0. The Morgan fingerprint density at radius 3 is 2.59 bits per heavy atom. The van der Waals surface area contributed by atoms with E-state index in [0.717, 1.165) is 45.1 Å². The van der Waals surface area contributed by atoms with E-state index < -0.39 is 0 Å². The van der Waals surface area contributed by atoms with E-state index in [4.69, 9.17) is 0 Å². The van der Waals surface area contributed by atoms with Crippen LogP contribution in [-0.4, -0.2) is 36.5 Å². The average molecular weight is 309 g/mol. The predicted molar refractivity (Wildman–Crippen MR) is 87.4 cm³/mol. The van der Waals surface area contributed by atoms with Crippen LogP contribution in [0.5, 0.6) is 0 Å². The van der Waals surface area contributed by atoms with E-state index in [1.807, 2.05) is 6.92 Å². The van der Waals surface area contributed by atoms with Crippen molar-refractivity contribution in [2.45, 2.75) is 83.3 Å². The largest absolute Gasteiger partial charge is 0.353 e. The Labute approximate surface area is 134 Å².